The summed E-state index contributed by atoms with van der Waals surface area (Å²) in [7, 11) is 1.85. The van der Waals surface area contributed by atoms with Gasteiger partial charge in [0.2, 0.25) is 0 Å². The fourth-order valence-electron chi connectivity index (χ4n) is 4.07. The van der Waals surface area contributed by atoms with E-state index in [4.69, 9.17) is 0 Å². The zero-order valence-electron chi connectivity index (χ0n) is 16.3. The van der Waals surface area contributed by atoms with Crippen LogP contribution in [0.5, 0.6) is 0 Å². The van der Waals surface area contributed by atoms with E-state index in [0.717, 1.165) is 24.2 Å². The predicted molar refractivity (Wildman–Crippen MR) is 112 cm³/mol. The zero-order valence-corrected chi connectivity index (χ0v) is 16.3. The molecule has 1 aromatic carbocycles. The largest absolute Gasteiger partial charge is 0.371 e. The molecule has 5 rings (SSSR count). The van der Waals surface area contributed by atoms with Gasteiger partial charge < -0.3 is 14.6 Å². The average molecular weight is 394 g/mol. The summed E-state index contributed by atoms with van der Waals surface area (Å²) in [6.07, 6.45) is 7.66. The second-order valence-corrected chi connectivity index (χ2v) is 7.54. The van der Waals surface area contributed by atoms with Crippen LogP contribution >= 0.6 is 0 Å². The number of nitrogens with zero attached hydrogens (tertiary/aromatic N) is 5. The lowest BCUT2D eigenvalue weighted by atomic mass is 10.1. The minimum Gasteiger partial charge on any atom is -0.371 e. The Balaban J connectivity index is 0.00000218. The van der Waals surface area contributed by atoms with Gasteiger partial charge in [-0.05, 0) is 31.9 Å². The van der Waals surface area contributed by atoms with Gasteiger partial charge in [0.15, 0.2) is 11.5 Å². The van der Waals surface area contributed by atoms with Gasteiger partial charge in [-0.3, -0.25) is 9.48 Å². The standard InChI is InChI=1S/C21H21FN6O.H2/c1-13-10-28-11-14(9-17(22)20(28)23-13)24-21(29)15-5-6-18(27-7-3-4-8-27)16-12-26(2)25-19(15)16;/h5-6,9-12H,3-4,7-8H2,1-2H3,(H,24,29);1H. The number of fused-ring (bicyclic) bond motifs is 2. The van der Waals surface area contributed by atoms with Crippen LogP contribution in [0.2, 0.25) is 0 Å². The third-order valence-electron chi connectivity index (χ3n) is 5.34. The highest BCUT2D eigenvalue weighted by Gasteiger charge is 2.21. The van der Waals surface area contributed by atoms with Crippen molar-refractivity contribution in [3.05, 3.63) is 53.9 Å². The molecule has 0 atom stereocenters. The molecule has 1 N–H and O–H groups in total. The zero-order chi connectivity index (χ0) is 20.1. The van der Waals surface area contributed by atoms with Crippen molar-refractivity contribution in [1.82, 2.24) is 19.2 Å². The number of aromatic nitrogens is 4. The lowest BCUT2D eigenvalue weighted by molar-refractivity contribution is 0.102. The normalized spacial score (nSPS) is 14.2. The molecule has 0 saturated carbocycles. The van der Waals surface area contributed by atoms with Gasteiger partial charge in [-0.2, -0.15) is 5.10 Å². The van der Waals surface area contributed by atoms with Gasteiger partial charge >= 0.3 is 0 Å². The Morgan fingerprint density at radius 1 is 1.21 bits per heavy atom. The number of carbonyl (C=O) groups is 1. The van der Waals surface area contributed by atoms with Gasteiger partial charge in [-0.25, -0.2) is 9.37 Å². The van der Waals surface area contributed by atoms with Crippen molar-refractivity contribution in [2.45, 2.75) is 19.8 Å². The number of carbonyl (C=O) groups excluding carboxylic acids is 1. The molecule has 1 fully saturated rings. The summed E-state index contributed by atoms with van der Waals surface area (Å²) in [5.74, 6) is -0.805. The lowest BCUT2D eigenvalue weighted by Crippen LogP contribution is -2.19. The number of aryl methyl sites for hydroxylation is 2. The van der Waals surface area contributed by atoms with Gasteiger partial charge in [0.25, 0.3) is 5.91 Å². The Labute approximate surface area is 168 Å². The summed E-state index contributed by atoms with van der Waals surface area (Å²) in [5.41, 5.74) is 3.52. The Morgan fingerprint density at radius 3 is 2.79 bits per heavy atom. The molecule has 1 saturated heterocycles. The number of benzene rings is 1. The monoisotopic (exact) mass is 394 g/mol. The van der Waals surface area contributed by atoms with Crippen molar-refractivity contribution < 1.29 is 10.6 Å². The molecule has 4 heterocycles. The molecular weight excluding hydrogens is 371 g/mol. The Hall–Kier alpha value is -3.42. The van der Waals surface area contributed by atoms with E-state index in [1.54, 1.807) is 34.5 Å². The number of halogens is 1. The van der Waals surface area contributed by atoms with Crippen molar-refractivity contribution in [3.8, 4) is 0 Å². The molecule has 0 unspecified atom stereocenters. The van der Waals surface area contributed by atoms with Gasteiger partial charge in [0.05, 0.1) is 16.9 Å². The van der Waals surface area contributed by atoms with Crippen LogP contribution in [0.15, 0.2) is 36.8 Å². The number of imidazole rings is 1. The summed E-state index contributed by atoms with van der Waals surface area (Å²) < 4.78 is 17.6. The molecule has 150 valence electrons. The highest BCUT2D eigenvalue weighted by molar-refractivity contribution is 6.13. The first-order valence-electron chi connectivity index (χ1n) is 9.67. The molecule has 7 nitrogen and oxygen atoms in total. The minimum atomic E-state index is -0.483. The first-order valence-corrected chi connectivity index (χ1v) is 9.67. The Kier molecular flexibility index (Phi) is 4.01. The summed E-state index contributed by atoms with van der Waals surface area (Å²) in [5, 5.41) is 8.27. The molecule has 8 heteroatoms. The van der Waals surface area contributed by atoms with Crippen molar-refractivity contribution in [1.29, 1.82) is 0 Å². The average Bonchev–Trinajstić information content (AvgIpc) is 3.39. The van der Waals surface area contributed by atoms with Gasteiger partial charge in [-0.1, -0.05) is 0 Å². The quantitative estimate of drug-likeness (QED) is 0.574. The van der Waals surface area contributed by atoms with Crippen LogP contribution in [0, 0.1) is 12.7 Å². The molecular formula is C21H23FN6O. The minimum absolute atomic E-state index is 0. The highest BCUT2D eigenvalue weighted by atomic mass is 19.1. The third-order valence-corrected chi connectivity index (χ3v) is 5.34. The maximum Gasteiger partial charge on any atom is 0.257 e. The van der Waals surface area contributed by atoms with Crippen molar-refractivity contribution in [3.63, 3.8) is 0 Å². The first kappa shape index (κ1) is 17.7. The van der Waals surface area contributed by atoms with Crippen molar-refractivity contribution in [2.24, 2.45) is 7.05 Å². The first-order chi connectivity index (χ1) is 14.0. The predicted octanol–water partition coefficient (Wildman–Crippen LogP) is 3.77. The van der Waals surface area contributed by atoms with Crippen LogP contribution in [0.4, 0.5) is 15.8 Å². The molecule has 0 aliphatic carbocycles. The van der Waals surface area contributed by atoms with E-state index in [0.29, 0.717) is 22.5 Å². The van der Waals surface area contributed by atoms with Crippen LogP contribution < -0.4 is 10.2 Å². The molecule has 1 aliphatic heterocycles. The topological polar surface area (TPSA) is 67.5 Å². The van der Waals surface area contributed by atoms with E-state index in [9.17, 15) is 9.18 Å². The number of anilines is 2. The van der Waals surface area contributed by atoms with E-state index in [2.05, 4.69) is 20.3 Å². The molecule has 4 aromatic rings. The summed E-state index contributed by atoms with van der Waals surface area (Å²) in [6.45, 7) is 3.82. The van der Waals surface area contributed by atoms with Crippen LogP contribution in [-0.4, -0.2) is 38.2 Å². The number of hydrogen-bond acceptors (Lipinski definition) is 4. The molecule has 0 spiro atoms. The van der Waals surface area contributed by atoms with E-state index in [-0.39, 0.29) is 13.0 Å². The van der Waals surface area contributed by atoms with Gasteiger partial charge in [-0.15, -0.1) is 0 Å². The SMILES string of the molecule is Cc1cn2cc(NC(=O)c3ccc(N4CCCC4)c4cn(C)nc34)cc(F)c2n1.[HH]. The van der Waals surface area contributed by atoms with Crippen LogP contribution in [0.25, 0.3) is 16.6 Å². The van der Waals surface area contributed by atoms with Gasteiger partial charge in [0.1, 0.15) is 5.52 Å². The molecule has 1 aliphatic rings. The fraction of sp³-hybridized carbons (Fsp3) is 0.286. The third kappa shape index (κ3) is 3.00. The van der Waals surface area contributed by atoms with Crippen molar-refractivity contribution >= 4 is 33.8 Å². The number of pyridine rings is 1. The summed E-state index contributed by atoms with van der Waals surface area (Å²) in [4.78, 5) is 19.5. The number of hydrogen-bond donors (Lipinski definition) is 1. The van der Waals surface area contributed by atoms with Crippen LogP contribution in [0.3, 0.4) is 0 Å². The Bertz CT molecular complexity index is 1260. The van der Waals surface area contributed by atoms with Crippen LogP contribution in [0.1, 0.15) is 30.3 Å². The molecule has 0 bridgehead atoms. The molecule has 29 heavy (non-hydrogen) atoms. The van der Waals surface area contributed by atoms with Gasteiger partial charge in [0, 0.05) is 57.3 Å². The number of nitrogens with one attached hydrogen (secondary N) is 1. The Morgan fingerprint density at radius 2 is 2.00 bits per heavy atom. The molecule has 0 radical (unpaired) electrons. The highest BCUT2D eigenvalue weighted by Crippen LogP contribution is 2.31. The lowest BCUT2D eigenvalue weighted by Gasteiger charge is -2.19. The second-order valence-electron chi connectivity index (χ2n) is 7.54. The van der Waals surface area contributed by atoms with E-state index < -0.39 is 5.82 Å². The van der Waals surface area contributed by atoms with Crippen LogP contribution in [-0.2, 0) is 7.05 Å². The number of amides is 1. The fourth-order valence-corrected chi connectivity index (χ4v) is 4.07. The van der Waals surface area contributed by atoms with E-state index in [1.165, 1.54) is 18.9 Å². The molecule has 1 amide bonds. The summed E-state index contributed by atoms with van der Waals surface area (Å²) >= 11 is 0. The van der Waals surface area contributed by atoms with E-state index in [1.807, 2.05) is 19.3 Å². The smallest absolute Gasteiger partial charge is 0.257 e. The number of rotatable bonds is 3. The van der Waals surface area contributed by atoms with Crippen molar-refractivity contribution in [2.75, 3.05) is 23.3 Å². The maximum atomic E-state index is 14.3. The second kappa shape index (κ2) is 6.58. The van der Waals surface area contributed by atoms with E-state index >= 15 is 0 Å². The maximum absolute atomic E-state index is 14.3. The molecule has 3 aromatic heterocycles. The summed E-state index contributed by atoms with van der Waals surface area (Å²) in [6, 6.07) is 5.07.